The largest absolute Gasteiger partial charge is 0.507 e. The third-order valence-electron chi connectivity index (χ3n) is 9.08. The summed E-state index contributed by atoms with van der Waals surface area (Å²) >= 11 is 0. The number of ketones is 1. The minimum absolute atomic E-state index is 0.0985. The van der Waals surface area contributed by atoms with Crippen LogP contribution in [0.2, 0.25) is 0 Å². The molecule has 0 saturated heterocycles. The summed E-state index contributed by atoms with van der Waals surface area (Å²) in [7, 11) is 0. The Hall–Kier alpha value is -5.15. The van der Waals surface area contributed by atoms with Crippen molar-refractivity contribution in [3.05, 3.63) is 154 Å². The summed E-state index contributed by atoms with van der Waals surface area (Å²) in [5, 5.41) is 16.1. The number of benzene rings is 6. The monoisotopic (exact) mass is 574 g/mol. The van der Waals surface area contributed by atoms with Crippen molar-refractivity contribution in [3.8, 4) is 17.2 Å². The molecule has 7 rings (SSSR count). The van der Waals surface area contributed by atoms with Crippen molar-refractivity contribution in [1.29, 1.82) is 0 Å². The number of carbonyl (C=O) groups excluding carboxylic acids is 1. The molecule has 0 saturated carbocycles. The molecule has 6 aromatic rings. The third kappa shape index (κ3) is 4.75. The smallest absolute Gasteiger partial charge is 0.185 e. The molecule has 1 atom stereocenters. The second kappa shape index (κ2) is 11.2. The van der Waals surface area contributed by atoms with E-state index >= 15 is 0 Å². The lowest BCUT2D eigenvalue weighted by Crippen LogP contribution is -2.14. The predicted molar refractivity (Wildman–Crippen MR) is 180 cm³/mol. The second-order valence-corrected chi connectivity index (χ2v) is 11.9. The first-order valence-corrected chi connectivity index (χ1v) is 15.3. The molecular weight excluding hydrogens is 540 g/mol. The number of aromatic hydroxyl groups is 1. The van der Waals surface area contributed by atoms with E-state index < -0.39 is 0 Å². The van der Waals surface area contributed by atoms with Gasteiger partial charge in [-0.25, -0.2) is 0 Å². The molecule has 0 bridgehead atoms. The number of fused-ring (bicyclic) bond motifs is 6. The van der Waals surface area contributed by atoms with Gasteiger partial charge in [-0.1, -0.05) is 110 Å². The Morgan fingerprint density at radius 2 is 1.41 bits per heavy atom. The van der Waals surface area contributed by atoms with Crippen molar-refractivity contribution >= 4 is 33.4 Å². The minimum Gasteiger partial charge on any atom is -0.507 e. The number of rotatable bonds is 6. The van der Waals surface area contributed by atoms with Crippen LogP contribution in [0, 0.1) is 6.92 Å². The van der Waals surface area contributed by atoms with Gasteiger partial charge in [-0.05, 0) is 82.3 Å². The van der Waals surface area contributed by atoms with E-state index in [0.29, 0.717) is 11.1 Å². The van der Waals surface area contributed by atoms with Crippen molar-refractivity contribution in [2.75, 3.05) is 0 Å². The van der Waals surface area contributed by atoms with Gasteiger partial charge < -0.3 is 9.84 Å². The maximum atomic E-state index is 13.1. The zero-order valence-electron chi connectivity index (χ0n) is 25.2. The fourth-order valence-electron chi connectivity index (χ4n) is 6.49. The zero-order valence-corrected chi connectivity index (χ0v) is 25.2. The van der Waals surface area contributed by atoms with Gasteiger partial charge in [-0.3, -0.25) is 4.79 Å². The molecule has 0 amide bonds. The average Bonchev–Trinajstić information content (AvgIpc) is 3.06. The highest BCUT2D eigenvalue weighted by molar-refractivity contribution is 6.07. The molecule has 1 aliphatic rings. The Bertz CT molecular complexity index is 2000. The summed E-state index contributed by atoms with van der Waals surface area (Å²) in [5.41, 5.74) is 6.51. The van der Waals surface area contributed by atoms with Crippen molar-refractivity contribution < 1.29 is 14.6 Å². The fraction of sp³-hybridized carbons (Fsp3) is 0.146. The van der Waals surface area contributed by atoms with E-state index in [2.05, 4.69) is 92.7 Å². The number of phenolic OH excluding ortho intramolecular Hbond substituents is 1. The molecule has 0 radical (unpaired) electrons. The topological polar surface area (TPSA) is 46.5 Å². The van der Waals surface area contributed by atoms with E-state index in [1.165, 1.54) is 0 Å². The first kappa shape index (κ1) is 27.7. The maximum absolute atomic E-state index is 13.1. The zero-order chi connectivity index (χ0) is 30.4. The normalized spacial score (nSPS) is 13.5. The van der Waals surface area contributed by atoms with Gasteiger partial charge >= 0.3 is 0 Å². The lowest BCUT2D eigenvalue weighted by Gasteiger charge is -2.32. The number of ether oxygens (including phenoxy) is 1. The average molecular weight is 575 g/mol. The van der Waals surface area contributed by atoms with Gasteiger partial charge in [0, 0.05) is 28.2 Å². The third-order valence-corrected chi connectivity index (χ3v) is 9.08. The van der Waals surface area contributed by atoms with E-state index in [1.807, 2.05) is 37.3 Å². The highest BCUT2D eigenvalue weighted by Crippen LogP contribution is 2.53. The predicted octanol–water partition coefficient (Wildman–Crippen LogP) is 10.7. The molecule has 6 aromatic carbocycles. The van der Waals surface area contributed by atoms with Crippen LogP contribution in [-0.4, -0.2) is 10.9 Å². The summed E-state index contributed by atoms with van der Waals surface area (Å²) in [6.45, 7) is 6.27. The van der Waals surface area contributed by atoms with Crippen molar-refractivity contribution in [1.82, 2.24) is 0 Å². The van der Waals surface area contributed by atoms with Crippen LogP contribution in [0.5, 0.6) is 17.2 Å². The molecule has 0 fully saturated rings. The summed E-state index contributed by atoms with van der Waals surface area (Å²) in [5.74, 6) is 1.75. The lowest BCUT2D eigenvalue weighted by molar-refractivity contribution is 0.104. The summed E-state index contributed by atoms with van der Waals surface area (Å²) in [6.07, 6.45) is 4.20. The Kier molecular flexibility index (Phi) is 7.02. The van der Waals surface area contributed by atoms with Gasteiger partial charge in [0.1, 0.15) is 17.2 Å². The van der Waals surface area contributed by atoms with E-state index in [9.17, 15) is 9.90 Å². The summed E-state index contributed by atoms with van der Waals surface area (Å²) in [4.78, 5) is 13.1. The number of allylic oxidation sites excluding steroid dienone is 1. The molecule has 1 unspecified atom stereocenters. The molecule has 3 heteroatoms. The number of phenols is 1. The van der Waals surface area contributed by atoms with Gasteiger partial charge in [0.15, 0.2) is 5.78 Å². The molecule has 216 valence electrons. The van der Waals surface area contributed by atoms with Crippen molar-refractivity contribution in [2.45, 2.75) is 39.0 Å². The Labute approximate surface area is 258 Å². The highest BCUT2D eigenvalue weighted by Gasteiger charge is 2.33. The molecule has 3 nitrogen and oxygen atoms in total. The Morgan fingerprint density at radius 1 is 0.818 bits per heavy atom. The lowest BCUT2D eigenvalue weighted by atomic mass is 9.77. The molecule has 0 aromatic heterocycles. The first-order valence-electron chi connectivity index (χ1n) is 15.3. The van der Waals surface area contributed by atoms with Crippen molar-refractivity contribution in [3.63, 3.8) is 0 Å². The molecule has 0 spiro atoms. The molecular formula is C41H34O3. The first-order chi connectivity index (χ1) is 21.4. The Morgan fingerprint density at radius 3 is 2.00 bits per heavy atom. The SMILES string of the molecule is CCC(C)c1cc(C2c3c(ccc4ccccc34)Oc3ccc4ccccc4c32)cc(/C=C/C(=O)c2ccc(C)cc2)c1O. The maximum Gasteiger partial charge on any atom is 0.185 e. The van der Waals surface area contributed by atoms with Crippen LogP contribution < -0.4 is 4.74 Å². The molecule has 1 N–H and O–H groups in total. The summed E-state index contributed by atoms with van der Waals surface area (Å²) < 4.78 is 6.63. The van der Waals surface area contributed by atoms with Gasteiger partial charge in [0.2, 0.25) is 0 Å². The van der Waals surface area contributed by atoms with E-state index in [4.69, 9.17) is 4.74 Å². The van der Waals surface area contributed by atoms with Crippen LogP contribution in [0.15, 0.2) is 115 Å². The minimum atomic E-state index is -0.158. The van der Waals surface area contributed by atoms with Gasteiger partial charge in [-0.15, -0.1) is 0 Å². The van der Waals surface area contributed by atoms with Crippen LogP contribution in [0.25, 0.3) is 27.6 Å². The Balaban J connectivity index is 1.48. The van der Waals surface area contributed by atoms with Gasteiger partial charge in [0.05, 0.1) is 0 Å². The number of hydrogen-bond donors (Lipinski definition) is 1. The van der Waals surface area contributed by atoms with E-state index in [-0.39, 0.29) is 23.4 Å². The van der Waals surface area contributed by atoms with Crippen LogP contribution in [0.3, 0.4) is 0 Å². The van der Waals surface area contributed by atoms with Crippen LogP contribution in [-0.2, 0) is 0 Å². The second-order valence-electron chi connectivity index (χ2n) is 11.9. The molecule has 0 aliphatic carbocycles. The molecule has 44 heavy (non-hydrogen) atoms. The highest BCUT2D eigenvalue weighted by atomic mass is 16.5. The standard InChI is InChI=1S/C41H34O3/c1-4-26(3)34-24-31(23-30(41(34)43)17-20-35(42)29-15-13-25(2)14-16-29)38-39-32-11-7-5-9-27(32)18-21-36(39)44-37-22-19-28-10-6-8-12-33(28)40(37)38/h5-24,26,38,43H,4H2,1-3H3/b20-17+. The van der Waals surface area contributed by atoms with Crippen LogP contribution in [0.1, 0.15) is 75.8 Å². The number of carbonyl (C=O) groups is 1. The van der Waals surface area contributed by atoms with Crippen LogP contribution in [0.4, 0.5) is 0 Å². The molecule has 1 aliphatic heterocycles. The fourth-order valence-corrected chi connectivity index (χ4v) is 6.49. The van der Waals surface area contributed by atoms with Crippen LogP contribution >= 0.6 is 0 Å². The number of hydrogen-bond acceptors (Lipinski definition) is 3. The van der Waals surface area contributed by atoms with Crippen molar-refractivity contribution in [2.24, 2.45) is 0 Å². The number of aryl methyl sites for hydroxylation is 1. The van der Waals surface area contributed by atoms with Gasteiger partial charge in [0.25, 0.3) is 0 Å². The quantitative estimate of drug-likeness (QED) is 0.159. The van der Waals surface area contributed by atoms with E-state index in [1.54, 1.807) is 12.2 Å². The summed E-state index contributed by atoms with van der Waals surface area (Å²) in [6, 6.07) is 37.0. The van der Waals surface area contributed by atoms with Gasteiger partial charge in [-0.2, -0.15) is 0 Å². The van der Waals surface area contributed by atoms with E-state index in [0.717, 1.165) is 67.3 Å². The molecule has 1 heterocycles.